The molecule has 1 aromatic carbocycles. The summed E-state index contributed by atoms with van der Waals surface area (Å²) in [6, 6.07) is 8.66. The number of hydrogen-bond acceptors (Lipinski definition) is 4. The molecule has 0 aliphatic rings. The molecule has 4 heteroatoms. The maximum Gasteiger partial charge on any atom is 0.118 e. The van der Waals surface area contributed by atoms with Gasteiger partial charge in [0, 0.05) is 18.0 Å². The zero-order valence-corrected chi connectivity index (χ0v) is 11.5. The van der Waals surface area contributed by atoms with Gasteiger partial charge >= 0.3 is 0 Å². The third-order valence-electron chi connectivity index (χ3n) is 2.82. The van der Waals surface area contributed by atoms with Crippen LogP contribution in [0.15, 0.2) is 35.2 Å². The smallest absolute Gasteiger partial charge is 0.118 e. The van der Waals surface area contributed by atoms with Crippen molar-refractivity contribution < 1.29 is 4.74 Å². The van der Waals surface area contributed by atoms with Crippen molar-refractivity contribution in [2.45, 2.75) is 25.9 Å². The van der Waals surface area contributed by atoms with Crippen molar-refractivity contribution in [3.8, 4) is 5.75 Å². The first kappa shape index (κ1) is 13.1. The van der Waals surface area contributed by atoms with Gasteiger partial charge in [-0.05, 0) is 31.0 Å². The summed E-state index contributed by atoms with van der Waals surface area (Å²) in [6.07, 6.45) is 1.01. The highest BCUT2D eigenvalue weighted by Gasteiger charge is 2.04. The van der Waals surface area contributed by atoms with Crippen LogP contribution >= 0.6 is 11.3 Å². The molecule has 1 aromatic heterocycles. The lowest BCUT2D eigenvalue weighted by Gasteiger charge is -2.13. The Morgan fingerprint density at radius 2 is 2.11 bits per heavy atom. The first-order valence-electron chi connectivity index (χ1n) is 6.01. The molecule has 0 spiro atoms. The Bertz CT molecular complexity index is 453. The van der Waals surface area contributed by atoms with E-state index < -0.39 is 0 Å². The van der Waals surface area contributed by atoms with Gasteiger partial charge in [0.25, 0.3) is 0 Å². The number of nitrogens with zero attached hydrogens (tertiary/aromatic N) is 1. The average Bonchev–Trinajstić information content (AvgIpc) is 2.90. The van der Waals surface area contributed by atoms with Crippen molar-refractivity contribution in [1.82, 2.24) is 10.3 Å². The molecular weight excluding hydrogens is 244 g/mol. The van der Waals surface area contributed by atoms with Gasteiger partial charge < -0.3 is 10.1 Å². The molecule has 0 amide bonds. The van der Waals surface area contributed by atoms with E-state index in [0.717, 1.165) is 24.4 Å². The fraction of sp³-hybridized carbons (Fsp3) is 0.357. The predicted octanol–water partition coefficient (Wildman–Crippen LogP) is 2.87. The van der Waals surface area contributed by atoms with Gasteiger partial charge in [-0.25, -0.2) is 4.98 Å². The van der Waals surface area contributed by atoms with Crippen molar-refractivity contribution in [2.75, 3.05) is 7.11 Å². The number of methoxy groups -OCH3 is 1. The molecule has 0 fully saturated rings. The first-order valence-corrected chi connectivity index (χ1v) is 6.95. The van der Waals surface area contributed by atoms with Gasteiger partial charge in [-0.2, -0.15) is 0 Å². The molecule has 0 saturated carbocycles. The van der Waals surface area contributed by atoms with Crippen molar-refractivity contribution in [2.24, 2.45) is 0 Å². The number of benzene rings is 1. The maximum atomic E-state index is 5.15. The molecule has 1 unspecified atom stereocenters. The molecule has 0 aliphatic heterocycles. The summed E-state index contributed by atoms with van der Waals surface area (Å²) in [5.74, 6) is 0.904. The molecule has 2 aromatic rings. The van der Waals surface area contributed by atoms with E-state index in [-0.39, 0.29) is 0 Å². The molecule has 0 bridgehead atoms. The summed E-state index contributed by atoms with van der Waals surface area (Å²) in [5, 5.41) is 5.55. The molecule has 1 atom stereocenters. The minimum Gasteiger partial charge on any atom is -0.497 e. The van der Waals surface area contributed by atoms with Crippen molar-refractivity contribution >= 4 is 11.3 Å². The van der Waals surface area contributed by atoms with Crippen LogP contribution in [-0.4, -0.2) is 18.1 Å². The minimum atomic E-state index is 0.431. The van der Waals surface area contributed by atoms with Gasteiger partial charge in [0.2, 0.25) is 0 Å². The van der Waals surface area contributed by atoms with Crippen LogP contribution in [0.4, 0.5) is 0 Å². The highest BCUT2D eigenvalue weighted by molar-refractivity contribution is 7.07. The number of ether oxygens (including phenoxy) is 1. The molecule has 3 nitrogen and oxygen atoms in total. The number of rotatable bonds is 6. The molecule has 0 aliphatic carbocycles. The Hall–Kier alpha value is -1.39. The fourth-order valence-corrected chi connectivity index (χ4v) is 2.35. The molecule has 96 valence electrons. The first-order chi connectivity index (χ1) is 8.78. The third-order valence-corrected chi connectivity index (χ3v) is 3.45. The van der Waals surface area contributed by atoms with E-state index in [0.29, 0.717) is 6.04 Å². The number of nitrogens with one attached hydrogen (secondary N) is 1. The van der Waals surface area contributed by atoms with Crippen LogP contribution in [0.2, 0.25) is 0 Å². The van der Waals surface area contributed by atoms with E-state index in [1.54, 1.807) is 18.4 Å². The summed E-state index contributed by atoms with van der Waals surface area (Å²) in [6.45, 7) is 3.03. The summed E-state index contributed by atoms with van der Waals surface area (Å²) in [7, 11) is 1.69. The molecule has 18 heavy (non-hydrogen) atoms. The van der Waals surface area contributed by atoms with Gasteiger partial charge in [0.1, 0.15) is 5.75 Å². The topological polar surface area (TPSA) is 34.1 Å². The lowest BCUT2D eigenvalue weighted by atomic mass is 10.1. The molecule has 0 radical (unpaired) electrons. The van der Waals surface area contributed by atoms with E-state index in [9.17, 15) is 0 Å². The average molecular weight is 262 g/mol. The van der Waals surface area contributed by atoms with Gasteiger partial charge in [0.05, 0.1) is 18.3 Å². The monoisotopic (exact) mass is 262 g/mol. The predicted molar refractivity (Wildman–Crippen MR) is 75.1 cm³/mol. The summed E-state index contributed by atoms with van der Waals surface area (Å²) in [4.78, 5) is 4.26. The van der Waals surface area contributed by atoms with Crippen LogP contribution in [0.3, 0.4) is 0 Å². The van der Waals surface area contributed by atoms with E-state index >= 15 is 0 Å². The number of thiazole rings is 1. The van der Waals surface area contributed by atoms with Crippen LogP contribution in [0.5, 0.6) is 5.75 Å². The van der Waals surface area contributed by atoms with Gasteiger partial charge in [-0.3, -0.25) is 0 Å². The Balaban J connectivity index is 1.80. The van der Waals surface area contributed by atoms with Crippen LogP contribution in [0.1, 0.15) is 18.2 Å². The highest BCUT2D eigenvalue weighted by atomic mass is 32.1. The summed E-state index contributed by atoms with van der Waals surface area (Å²) < 4.78 is 5.15. The van der Waals surface area contributed by atoms with Crippen LogP contribution in [-0.2, 0) is 13.0 Å². The van der Waals surface area contributed by atoms with Crippen LogP contribution < -0.4 is 10.1 Å². The molecule has 1 N–H and O–H groups in total. The van der Waals surface area contributed by atoms with Crippen molar-refractivity contribution in [3.63, 3.8) is 0 Å². The second kappa shape index (κ2) is 6.52. The second-order valence-electron chi connectivity index (χ2n) is 4.31. The Morgan fingerprint density at radius 1 is 1.33 bits per heavy atom. The number of aromatic nitrogens is 1. The van der Waals surface area contributed by atoms with E-state index in [1.807, 2.05) is 17.6 Å². The van der Waals surface area contributed by atoms with Crippen molar-refractivity contribution in [1.29, 1.82) is 0 Å². The molecule has 0 saturated heterocycles. The molecule has 2 rings (SSSR count). The van der Waals surface area contributed by atoms with Gasteiger partial charge in [-0.1, -0.05) is 12.1 Å². The van der Waals surface area contributed by atoms with Gasteiger partial charge in [-0.15, -0.1) is 11.3 Å². The van der Waals surface area contributed by atoms with Crippen LogP contribution in [0.25, 0.3) is 0 Å². The van der Waals surface area contributed by atoms with E-state index in [4.69, 9.17) is 4.74 Å². The van der Waals surface area contributed by atoms with Crippen molar-refractivity contribution in [3.05, 3.63) is 46.4 Å². The fourth-order valence-electron chi connectivity index (χ4n) is 1.79. The summed E-state index contributed by atoms with van der Waals surface area (Å²) in [5.41, 5.74) is 4.29. The lowest BCUT2D eigenvalue weighted by molar-refractivity contribution is 0.414. The quantitative estimate of drug-likeness (QED) is 0.869. The summed E-state index contributed by atoms with van der Waals surface area (Å²) >= 11 is 1.63. The minimum absolute atomic E-state index is 0.431. The number of hydrogen-bond donors (Lipinski definition) is 1. The molecular formula is C14H18N2OS. The van der Waals surface area contributed by atoms with E-state index in [2.05, 4.69) is 34.7 Å². The molecule has 1 heterocycles. The Labute approximate surface area is 112 Å². The maximum absolute atomic E-state index is 5.15. The standard InChI is InChI=1S/C14H18N2OS/c1-11(15-8-13-9-18-10-16-13)7-12-3-5-14(17-2)6-4-12/h3-6,9-11,15H,7-8H2,1-2H3. The highest BCUT2D eigenvalue weighted by Crippen LogP contribution is 2.12. The largest absolute Gasteiger partial charge is 0.497 e. The normalized spacial score (nSPS) is 12.3. The van der Waals surface area contributed by atoms with Crippen LogP contribution in [0, 0.1) is 0 Å². The Morgan fingerprint density at radius 3 is 2.72 bits per heavy atom. The Kier molecular flexibility index (Phi) is 4.73. The second-order valence-corrected chi connectivity index (χ2v) is 5.03. The lowest BCUT2D eigenvalue weighted by Crippen LogP contribution is -2.27. The van der Waals surface area contributed by atoms with E-state index in [1.165, 1.54) is 5.56 Å². The van der Waals surface area contributed by atoms with Gasteiger partial charge in [0.15, 0.2) is 0 Å². The third kappa shape index (κ3) is 3.82. The SMILES string of the molecule is COc1ccc(CC(C)NCc2cscn2)cc1. The zero-order valence-electron chi connectivity index (χ0n) is 10.7. The zero-order chi connectivity index (χ0) is 12.8.